The molecule has 9 heteroatoms. The highest BCUT2D eigenvalue weighted by atomic mass is 35.5. The lowest BCUT2D eigenvalue weighted by atomic mass is 10.2. The summed E-state index contributed by atoms with van der Waals surface area (Å²) in [5, 5.41) is 0.630. The second-order valence-corrected chi connectivity index (χ2v) is 7.83. The van der Waals surface area contributed by atoms with Crippen molar-refractivity contribution in [3.8, 4) is 5.75 Å². The van der Waals surface area contributed by atoms with E-state index in [9.17, 15) is 9.18 Å². The zero-order valence-corrected chi connectivity index (χ0v) is 18.7. The molecule has 0 saturated heterocycles. The number of amides is 1. The maximum atomic E-state index is 13.4. The summed E-state index contributed by atoms with van der Waals surface area (Å²) in [7, 11) is 3.86. The number of halogens is 3. The lowest BCUT2D eigenvalue weighted by Gasteiger charge is -2.22. The number of nitrogens with zero attached hydrogens (tertiary/aromatic N) is 3. The first kappa shape index (κ1) is 23.3. The molecular weight excluding hydrogens is 436 g/mol. The molecular formula is C20H22Cl2FN3O2S. The quantitative estimate of drug-likeness (QED) is 0.493. The van der Waals surface area contributed by atoms with E-state index >= 15 is 0 Å². The predicted molar refractivity (Wildman–Crippen MR) is 120 cm³/mol. The van der Waals surface area contributed by atoms with Crippen molar-refractivity contribution < 1.29 is 13.9 Å². The Bertz CT molecular complexity index is 997. The zero-order valence-electron chi connectivity index (χ0n) is 16.3. The van der Waals surface area contributed by atoms with Crippen LogP contribution in [-0.4, -0.2) is 49.6 Å². The van der Waals surface area contributed by atoms with Gasteiger partial charge in [-0.15, -0.1) is 12.4 Å². The van der Waals surface area contributed by atoms with Gasteiger partial charge in [-0.25, -0.2) is 9.37 Å². The summed E-state index contributed by atoms with van der Waals surface area (Å²) in [4.78, 5) is 21.4. The van der Waals surface area contributed by atoms with Crippen LogP contribution in [0.1, 0.15) is 17.3 Å². The van der Waals surface area contributed by atoms with Crippen LogP contribution in [0.3, 0.4) is 0 Å². The summed E-state index contributed by atoms with van der Waals surface area (Å²) >= 11 is 7.54. The van der Waals surface area contributed by atoms with Gasteiger partial charge in [0.15, 0.2) is 5.13 Å². The predicted octanol–water partition coefficient (Wildman–Crippen LogP) is 5.12. The Hall–Kier alpha value is -1.93. The molecule has 3 aromatic rings. The second-order valence-electron chi connectivity index (χ2n) is 6.42. The molecule has 2 aromatic carbocycles. The van der Waals surface area contributed by atoms with Crippen molar-refractivity contribution in [1.82, 2.24) is 9.88 Å². The smallest absolute Gasteiger partial charge is 0.261 e. The molecule has 0 aliphatic carbocycles. The Morgan fingerprint density at radius 3 is 2.66 bits per heavy atom. The van der Waals surface area contributed by atoms with Crippen LogP contribution >= 0.6 is 35.3 Å². The molecule has 0 unspecified atom stereocenters. The fraction of sp³-hybridized carbons (Fsp3) is 0.300. The van der Waals surface area contributed by atoms with E-state index in [1.54, 1.807) is 4.90 Å². The van der Waals surface area contributed by atoms with Gasteiger partial charge >= 0.3 is 0 Å². The average Bonchev–Trinajstić information content (AvgIpc) is 3.06. The summed E-state index contributed by atoms with van der Waals surface area (Å²) in [6.07, 6.45) is 0. The van der Waals surface area contributed by atoms with E-state index in [2.05, 4.69) is 4.98 Å². The molecule has 3 rings (SSSR count). The highest BCUT2D eigenvalue weighted by Crippen LogP contribution is 2.35. The van der Waals surface area contributed by atoms with E-state index in [1.165, 1.54) is 23.5 Å². The molecule has 0 saturated carbocycles. The number of anilines is 1. The lowest BCUT2D eigenvalue weighted by Crippen LogP contribution is -2.36. The molecule has 1 aromatic heterocycles. The normalized spacial score (nSPS) is 10.8. The van der Waals surface area contributed by atoms with E-state index in [-0.39, 0.29) is 28.9 Å². The Morgan fingerprint density at radius 1 is 1.24 bits per heavy atom. The van der Waals surface area contributed by atoms with Crippen molar-refractivity contribution in [1.29, 1.82) is 0 Å². The van der Waals surface area contributed by atoms with Crippen LogP contribution in [0.4, 0.5) is 9.52 Å². The minimum absolute atomic E-state index is 0. The van der Waals surface area contributed by atoms with Gasteiger partial charge in [-0.1, -0.05) is 29.0 Å². The van der Waals surface area contributed by atoms with Crippen molar-refractivity contribution in [2.75, 3.05) is 38.7 Å². The van der Waals surface area contributed by atoms with Crippen molar-refractivity contribution in [3.05, 3.63) is 52.8 Å². The van der Waals surface area contributed by atoms with Crippen LogP contribution in [-0.2, 0) is 0 Å². The number of hydrogen-bond acceptors (Lipinski definition) is 5. The van der Waals surface area contributed by atoms with Crippen molar-refractivity contribution in [3.63, 3.8) is 0 Å². The van der Waals surface area contributed by atoms with Gasteiger partial charge in [-0.2, -0.15) is 0 Å². The van der Waals surface area contributed by atoms with Crippen LogP contribution in [0, 0.1) is 5.82 Å². The van der Waals surface area contributed by atoms with Gasteiger partial charge in [0, 0.05) is 13.1 Å². The molecule has 1 heterocycles. The molecule has 0 aliphatic heterocycles. The molecule has 0 radical (unpaired) electrons. The van der Waals surface area contributed by atoms with Gasteiger partial charge in [0.2, 0.25) is 0 Å². The summed E-state index contributed by atoms with van der Waals surface area (Å²) < 4.78 is 20.0. The molecule has 0 spiro atoms. The molecule has 1 amide bonds. The van der Waals surface area contributed by atoms with Crippen molar-refractivity contribution >= 4 is 56.6 Å². The first-order valence-corrected chi connectivity index (χ1v) is 10.0. The number of rotatable bonds is 7. The third kappa shape index (κ3) is 5.36. The molecule has 29 heavy (non-hydrogen) atoms. The Labute approximate surface area is 184 Å². The van der Waals surface area contributed by atoms with Gasteiger partial charge in [0.05, 0.1) is 21.9 Å². The van der Waals surface area contributed by atoms with Gasteiger partial charge < -0.3 is 9.64 Å². The summed E-state index contributed by atoms with van der Waals surface area (Å²) in [5.74, 6) is -0.117. The first-order chi connectivity index (χ1) is 13.4. The van der Waals surface area contributed by atoms with E-state index in [0.29, 0.717) is 30.6 Å². The number of para-hydroxylation sites is 1. The SMILES string of the molecule is CCOc1cccc2sc(N(CCN(C)C)C(=O)c3ccc(F)cc3Cl)nc12.Cl. The minimum atomic E-state index is -0.484. The zero-order chi connectivity index (χ0) is 20.3. The summed E-state index contributed by atoms with van der Waals surface area (Å²) in [6, 6.07) is 9.48. The van der Waals surface area contributed by atoms with Gasteiger partial charge in [-0.05, 0) is 51.4 Å². The van der Waals surface area contributed by atoms with E-state index in [0.717, 1.165) is 16.3 Å². The summed E-state index contributed by atoms with van der Waals surface area (Å²) in [5.41, 5.74) is 0.961. The van der Waals surface area contributed by atoms with Crippen molar-refractivity contribution in [2.24, 2.45) is 0 Å². The summed E-state index contributed by atoms with van der Waals surface area (Å²) in [6.45, 7) is 3.50. The van der Waals surface area contributed by atoms with E-state index in [4.69, 9.17) is 16.3 Å². The van der Waals surface area contributed by atoms with Crippen LogP contribution in [0.2, 0.25) is 5.02 Å². The molecule has 5 nitrogen and oxygen atoms in total. The monoisotopic (exact) mass is 457 g/mol. The second kappa shape index (κ2) is 10.2. The topological polar surface area (TPSA) is 45.7 Å². The van der Waals surface area contributed by atoms with E-state index in [1.807, 2.05) is 44.1 Å². The average molecular weight is 458 g/mol. The minimum Gasteiger partial charge on any atom is -0.492 e. The fourth-order valence-electron chi connectivity index (χ4n) is 2.69. The van der Waals surface area contributed by atoms with Crippen LogP contribution in [0.15, 0.2) is 36.4 Å². The van der Waals surface area contributed by atoms with Crippen LogP contribution in [0.25, 0.3) is 10.2 Å². The maximum Gasteiger partial charge on any atom is 0.261 e. The lowest BCUT2D eigenvalue weighted by molar-refractivity contribution is 0.0985. The number of ether oxygens (including phenoxy) is 1. The molecule has 156 valence electrons. The maximum absolute atomic E-state index is 13.4. The number of hydrogen-bond donors (Lipinski definition) is 0. The Balaban J connectivity index is 0.00000300. The first-order valence-electron chi connectivity index (χ1n) is 8.84. The number of benzene rings is 2. The Kier molecular flexibility index (Phi) is 8.22. The highest BCUT2D eigenvalue weighted by molar-refractivity contribution is 7.22. The number of fused-ring (bicyclic) bond motifs is 1. The van der Waals surface area contributed by atoms with Gasteiger partial charge in [-0.3, -0.25) is 9.69 Å². The third-order valence-electron chi connectivity index (χ3n) is 4.08. The van der Waals surface area contributed by atoms with Gasteiger partial charge in [0.1, 0.15) is 17.1 Å². The van der Waals surface area contributed by atoms with Gasteiger partial charge in [0.25, 0.3) is 5.91 Å². The molecule has 0 aliphatic rings. The van der Waals surface area contributed by atoms with E-state index < -0.39 is 5.82 Å². The molecule has 0 fully saturated rings. The molecule has 0 atom stereocenters. The Morgan fingerprint density at radius 2 is 2.00 bits per heavy atom. The number of carbonyl (C=O) groups excluding carboxylic acids is 1. The number of thiazole rings is 1. The standard InChI is InChI=1S/C20H21ClFN3O2S.ClH/c1-4-27-16-6-5-7-17-18(16)23-20(28-17)25(11-10-24(2)3)19(26)14-9-8-13(22)12-15(14)21;/h5-9,12H,4,10-11H2,1-3H3;1H. The number of carbonyl (C=O) groups is 1. The number of likely N-dealkylation sites (N-methyl/N-ethyl adjacent to an activating group) is 1. The largest absolute Gasteiger partial charge is 0.492 e. The third-order valence-corrected chi connectivity index (χ3v) is 5.44. The fourth-order valence-corrected chi connectivity index (χ4v) is 3.95. The highest BCUT2D eigenvalue weighted by Gasteiger charge is 2.24. The molecule has 0 bridgehead atoms. The molecule has 0 N–H and O–H groups in total. The van der Waals surface area contributed by atoms with Crippen LogP contribution in [0.5, 0.6) is 5.75 Å². The number of aromatic nitrogens is 1. The van der Waals surface area contributed by atoms with Crippen LogP contribution < -0.4 is 9.64 Å². The van der Waals surface area contributed by atoms with Crippen molar-refractivity contribution in [2.45, 2.75) is 6.92 Å².